The molecule has 19 heavy (non-hydrogen) atoms. The number of carbonyl (C=O) groups is 1. The third-order valence-electron chi connectivity index (χ3n) is 3.37. The Labute approximate surface area is 118 Å². The molecule has 0 saturated carbocycles. The SMILES string of the molecule is CC(CN)C(=O)NC1CCN(c2ncccc2Cl)C1. The average Bonchev–Trinajstić information content (AvgIpc) is 2.86. The molecule has 1 aromatic rings. The fourth-order valence-electron chi connectivity index (χ4n) is 2.13. The van der Waals surface area contributed by atoms with Crippen molar-refractivity contribution >= 4 is 23.3 Å². The number of halogens is 1. The standard InChI is InChI=1S/C13H19ClN4O/c1-9(7-15)13(19)17-10-4-6-18(8-10)12-11(14)3-2-5-16-12/h2-3,5,9-10H,4,6-8,15H2,1H3,(H,17,19). The Kier molecular flexibility index (Phi) is 4.61. The van der Waals surface area contributed by atoms with Crippen LogP contribution in [0.5, 0.6) is 0 Å². The number of nitrogens with zero attached hydrogens (tertiary/aromatic N) is 2. The van der Waals surface area contributed by atoms with Crippen LogP contribution in [0, 0.1) is 5.92 Å². The van der Waals surface area contributed by atoms with Crippen molar-refractivity contribution in [3.63, 3.8) is 0 Å². The molecule has 1 fully saturated rings. The molecule has 104 valence electrons. The van der Waals surface area contributed by atoms with E-state index in [2.05, 4.69) is 15.2 Å². The molecule has 0 spiro atoms. The van der Waals surface area contributed by atoms with E-state index in [1.165, 1.54) is 0 Å². The molecule has 2 atom stereocenters. The highest BCUT2D eigenvalue weighted by molar-refractivity contribution is 6.32. The first kappa shape index (κ1) is 14.1. The molecule has 5 nitrogen and oxygen atoms in total. The predicted molar refractivity (Wildman–Crippen MR) is 76.2 cm³/mol. The van der Waals surface area contributed by atoms with Gasteiger partial charge >= 0.3 is 0 Å². The summed E-state index contributed by atoms with van der Waals surface area (Å²) >= 11 is 6.12. The van der Waals surface area contributed by atoms with Crippen LogP contribution in [0.4, 0.5) is 5.82 Å². The lowest BCUT2D eigenvalue weighted by Crippen LogP contribution is -2.41. The summed E-state index contributed by atoms with van der Waals surface area (Å²) in [5.74, 6) is 0.654. The zero-order chi connectivity index (χ0) is 13.8. The molecule has 0 bridgehead atoms. The first-order valence-corrected chi connectivity index (χ1v) is 6.85. The first-order valence-electron chi connectivity index (χ1n) is 6.47. The molecule has 1 aliphatic rings. The second-order valence-corrected chi connectivity index (χ2v) is 5.29. The van der Waals surface area contributed by atoms with Crippen LogP contribution in [-0.2, 0) is 4.79 Å². The largest absolute Gasteiger partial charge is 0.353 e. The van der Waals surface area contributed by atoms with Gasteiger partial charge in [-0.3, -0.25) is 4.79 Å². The van der Waals surface area contributed by atoms with E-state index >= 15 is 0 Å². The lowest BCUT2D eigenvalue weighted by molar-refractivity contribution is -0.124. The van der Waals surface area contributed by atoms with E-state index in [9.17, 15) is 4.79 Å². The minimum Gasteiger partial charge on any atom is -0.353 e. The van der Waals surface area contributed by atoms with Gasteiger partial charge < -0.3 is 16.0 Å². The number of hydrogen-bond donors (Lipinski definition) is 2. The number of anilines is 1. The number of pyridine rings is 1. The summed E-state index contributed by atoms with van der Waals surface area (Å²) in [7, 11) is 0. The molecule has 2 unspecified atom stereocenters. The van der Waals surface area contributed by atoms with Crippen molar-refractivity contribution in [1.29, 1.82) is 0 Å². The van der Waals surface area contributed by atoms with E-state index in [0.717, 1.165) is 25.3 Å². The van der Waals surface area contributed by atoms with Crippen LogP contribution >= 0.6 is 11.6 Å². The van der Waals surface area contributed by atoms with Gasteiger partial charge in [0.2, 0.25) is 5.91 Å². The zero-order valence-electron chi connectivity index (χ0n) is 11.0. The van der Waals surface area contributed by atoms with Gasteiger partial charge in [-0.15, -0.1) is 0 Å². The van der Waals surface area contributed by atoms with Gasteiger partial charge in [-0.2, -0.15) is 0 Å². The van der Waals surface area contributed by atoms with E-state index < -0.39 is 0 Å². The second-order valence-electron chi connectivity index (χ2n) is 4.89. The topological polar surface area (TPSA) is 71.2 Å². The Hall–Kier alpha value is -1.33. The van der Waals surface area contributed by atoms with E-state index in [-0.39, 0.29) is 17.9 Å². The maximum atomic E-state index is 11.8. The Morgan fingerprint density at radius 2 is 2.53 bits per heavy atom. The molecule has 0 radical (unpaired) electrons. The minimum absolute atomic E-state index is 0.0152. The van der Waals surface area contributed by atoms with Gasteiger partial charge in [0.05, 0.1) is 5.02 Å². The van der Waals surface area contributed by atoms with Crippen LogP contribution < -0.4 is 16.0 Å². The maximum absolute atomic E-state index is 11.8. The van der Waals surface area contributed by atoms with Gasteiger partial charge in [0.1, 0.15) is 5.82 Å². The molecule has 3 N–H and O–H groups in total. The van der Waals surface area contributed by atoms with Crippen molar-refractivity contribution in [2.75, 3.05) is 24.5 Å². The van der Waals surface area contributed by atoms with Crippen molar-refractivity contribution in [2.45, 2.75) is 19.4 Å². The van der Waals surface area contributed by atoms with Gasteiger partial charge in [0, 0.05) is 37.8 Å². The van der Waals surface area contributed by atoms with E-state index in [1.54, 1.807) is 6.20 Å². The highest BCUT2D eigenvalue weighted by atomic mass is 35.5. The van der Waals surface area contributed by atoms with Gasteiger partial charge in [0.25, 0.3) is 0 Å². The van der Waals surface area contributed by atoms with Crippen LogP contribution in [0.2, 0.25) is 5.02 Å². The molecule has 1 aromatic heterocycles. The molecule has 1 amide bonds. The molecular formula is C13H19ClN4O. The number of nitrogens with two attached hydrogens (primary N) is 1. The van der Waals surface area contributed by atoms with E-state index in [4.69, 9.17) is 17.3 Å². The second kappa shape index (κ2) is 6.21. The minimum atomic E-state index is -0.146. The molecule has 1 saturated heterocycles. The molecule has 2 rings (SSSR count). The van der Waals surface area contributed by atoms with Gasteiger partial charge in [-0.05, 0) is 18.6 Å². The summed E-state index contributed by atoms with van der Waals surface area (Å²) in [4.78, 5) is 18.2. The fourth-order valence-corrected chi connectivity index (χ4v) is 2.37. The summed E-state index contributed by atoms with van der Waals surface area (Å²) in [5, 5.41) is 3.66. The van der Waals surface area contributed by atoms with E-state index in [0.29, 0.717) is 11.6 Å². The summed E-state index contributed by atoms with van der Waals surface area (Å²) in [5.41, 5.74) is 5.49. The summed E-state index contributed by atoms with van der Waals surface area (Å²) in [6, 6.07) is 3.77. The lowest BCUT2D eigenvalue weighted by atomic mass is 10.1. The van der Waals surface area contributed by atoms with Crippen LogP contribution in [0.15, 0.2) is 18.3 Å². The van der Waals surface area contributed by atoms with Crippen molar-refractivity contribution in [3.05, 3.63) is 23.4 Å². The molecule has 1 aliphatic heterocycles. The third kappa shape index (κ3) is 3.36. The quantitative estimate of drug-likeness (QED) is 0.865. The predicted octanol–water partition coefficient (Wildman–Crippen LogP) is 1.02. The molecule has 0 aliphatic carbocycles. The molecule has 2 heterocycles. The highest BCUT2D eigenvalue weighted by Gasteiger charge is 2.26. The number of nitrogens with one attached hydrogen (secondary N) is 1. The highest BCUT2D eigenvalue weighted by Crippen LogP contribution is 2.25. The zero-order valence-corrected chi connectivity index (χ0v) is 11.7. The Morgan fingerprint density at radius 3 is 3.21 bits per heavy atom. The van der Waals surface area contributed by atoms with Crippen LogP contribution in [0.1, 0.15) is 13.3 Å². The number of hydrogen-bond acceptors (Lipinski definition) is 4. The number of carbonyl (C=O) groups excluding carboxylic acids is 1. The van der Waals surface area contributed by atoms with Crippen LogP contribution in [0.25, 0.3) is 0 Å². The number of amides is 1. The average molecular weight is 283 g/mol. The number of rotatable bonds is 4. The monoisotopic (exact) mass is 282 g/mol. The van der Waals surface area contributed by atoms with Crippen molar-refractivity contribution in [1.82, 2.24) is 10.3 Å². The third-order valence-corrected chi connectivity index (χ3v) is 3.67. The van der Waals surface area contributed by atoms with Gasteiger partial charge in [-0.25, -0.2) is 4.98 Å². The Bertz CT molecular complexity index is 454. The molecular weight excluding hydrogens is 264 g/mol. The fraction of sp³-hybridized carbons (Fsp3) is 0.538. The van der Waals surface area contributed by atoms with Crippen LogP contribution in [0.3, 0.4) is 0 Å². The number of aromatic nitrogens is 1. The maximum Gasteiger partial charge on any atom is 0.224 e. The van der Waals surface area contributed by atoms with Crippen molar-refractivity contribution in [3.8, 4) is 0 Å². The van der Waals surface area contributed by atoms with Crippen molar-refractivity contribution < 1.29 is 4.79 Å². The molecule has 6 heteroatoms. The Morgan fingerprint density at radius 1 is 1.74 bits per heavy atom. The molecule has 0 aromatic carbocycles. The summed E-state index contributed by atoms with van der Waals surface area (Å²) in [6.07, 6.45) is 2.62. The summed E-state index contributed by atoms with van der Waals surface area (Å²) < 4.78 is 0. The van der Waals surface area contributed by atoms with Gasteiger partial charge in [0.15, 0.2) is 0 Å². The van der Waals surface area contributed by atoms with Crippen molar-refractivity contribution in [2.24, 2.45) is 11.7 Å². The van der Waals surface area contributed by atoms with E-state index in [1.807, 2.05) is 19.1 Å². The first-order chi connectivity index (χ1) is 9.11. The lowest BCUT2D eigenvalue weighted by Gasteiger charge is -2.19. The Balaban J connectivity index is 1.94. The summed E-state index contributed by atoms with van der Waals surface area (Å²) in [6.45, 7) is 3.78. The smallest absolute Gasteiger partial charge is 0.224 e. The van der Waals surface area contributed by atoms with Gasteiger partial charge in [-0.1, -0.05) is 18.5 Å². The normalized spacial score (nSPS) is 20.4. The van der Waals surface area contributed by atoms with Crippen LogP contribution in [-0.4, -0.2) is 36.6 Å².